The van der Waals surface area contributed by atoms with Gasteiger partial charge in [0.1, 0.15) is 11.4 Å². The molecule has 4 atom stereocenters. The van der Waals surface area contributed by atoms with Gasteiger partial charge >= 0.3 is 0 Å². The summed E-state index contributed by atoms with van der Waals surface area (Å²) in [6.45, 7) is 2.69. The van der Waals surface area contributed by atoms with Gasteiger partial charge in [-0.3, -0.25) is 4.79 Å². The van der Waals surface area contributed by atoms with Gasteiger partial charge in [0, 0.05) is 12.1 Å². The molecule has 0 aromatic heterocycles. The Morgan fingerprint density at radius 1 is 1.30 bits per heavy atom. The largest absolute Gasteiger partial charge is 0.497 e. The molecule has 1 heterocycles. The average Bonchev–Trinajstić information content (AvgIpc) is 2.98. The summed E-state index contributed by atoms with van der Waals surface area (Å²) < 4.78 is 5.18. The lowest BCUT2D eigenvalue weighted by Crippen LogP contribution is -2.46. The fraction of sp³-hybridized carbons (Fsp3) is 0.526. The number of benzene rings is 1. The predicted molar refractivity (Wildman–Crippen MR) is 86.9 cm³/mol. The molecule has 2 unspecified atom stereocenters. The van der Waals surface area contributed by atoms with Gasteiger partial charge in [-0.05, 0) is 48.8 Å². The van der Waals surface area contributed by atoms with E-state index in [4.69, 9.17) is 4.74 Å². The molecule has 3 aliphatic rings. The molecule has 122 valence electrons. The van der Waals surface area contributed by atoms with Gasteiger partial charge in [0.15, 0.2) is 0 Å². The van der Waals surface area contributed by atoms with Crippen LogP contribution >= 0.6 is 0 Å². The lowest BCUT2D eigenvalue weighted by molar-refractivity contribution is -0.127. The smallest absolute Gasteiger partial charge is 0.253 e. The summed E-state index contributed by atoms with van der Waals surface area (Å²) in [6, 6.07) is 7.73. The van der Waals surface area contributed by atoms with Crippen LogP contribution < -0.4 is 4.74 Å². The molecule has 4 rings (SSSR count). The Morgan fingerprint density at radius 2 is 2.04 bits per heavy atom. The second kappa shape index (κ2) is 5.10. The second-order valence-corrected chi connectivity index (χ2v) is 7.19. The van der Waals surface area contributed by atoms with Crippen molar-refractivity contribution >= 4 is 5.91 Å². The third-order valence-corrected chi connectivity index (χ3v) is 5.84. The van der Waals surface area contributed by atoms with Crippen LogP contribution in [0.4, 0.5) is 0 Å². The standard InChI is InChI=1S/C19H23NO3/c1-12-9-14-5-8-17-19(14,22)16(10-12)18(21)20(17)11-13-3-6-15(23-2)7-4-13/h3-4,6-7,10,12,14,17,22H,5,8-9,11H2,1-2H3/t12?,14?,17-,19+/m1/s1. The van der Waals surface area contributed by atoms with E-state index >= 15 is 0 Å². The molecule has 1 saturated heterocycles. The molecular weight excluding hydrogens is 290 g/mol. The third-order valence-electron chi connectivity index (χ3n) is 5.84. The molecule has 2 fully saturated rings. The number of carbonyl (C=O) groups excluding carboxylic acids is 1. The molecule has 1 amide bonds. The van der Waals surface area contributed by atoms with E-state index in [0.717, 1.165) is 30.6 Å². The summed E-state index contributed by atoms with van der Waals surface area (Å²) in [5.41, 5.74) is 0.798. The zero-order valence-electron chi connectivity index (χ0n) is 13.7. The number of methoxy groups -OCH3 is 1. The van der Waals surface area contributed by atoms with Crippen LogP contribution in [0.5, 0.6) is 5.75 Å². The summed E-state index contributed by atoms with van der Waals surface area (Å²) in [5.74, 6) is 1.43. The molecule has 0 radical (unpaired) electrons. The van der Waals surface area contributed by atoms with E-state index in [1.165, 1.54) is 0 Å². The summed E-state index contributed by atoms with van der Waals surface area (Å²) in [4.78, 5) is 14.8. The molecule has 23 heavy (non-hydrogen) atoms. The zero-order valence-corrected chi connectivity index (χ0v) is 13.7. The number of nitrogens with zero attached hydrogens (tertiary/aromatic N) is 1. The highest BCUT2D eigenvalue weighted by molar-refractivity contribution is 5.99. The Hall–Kier alpha value is -1.81. The summed E-state index contributed by atoms with van der Waals surface area (Å²) in [5, 5.41) is 11.3. The second-order valence-electron chi connectivity index (χ2n) is 7.19. The Bertz CT molecular complexity index is 666. The minimum absolute atomic E-state index is 0.0181. The number of carbonyl (C=O) groups is 1. The van der Waals surface area contributed by atoms with Crippen LogP contribution in [0.3, 0.4) is 0 Å². The van der Waals surface area contributed by atoms with Crippen LogP contribution in [-0.4, -0.2) is 34.7 Å². The van der Waals surface area contributed by atoms with E-state index in [0.29, 0.717) is 18.0 Å². The molecule has 0 bridgehead atoms. The molecular formula is C19H23NO3. The first-order chi connectivity index (χ1) is 11.0. The SMILES string of the molecule is COc1ccc(CN2C(=O)C3=CC(C)CC4CC[C@@H]2[C@@]34O)cc1. The Kier molecular flexibility index (Phi) is 3.27. The molecule has 4 nitrogen and oxygen atoms in total. The molecule has 0 spiro atoms. The summed E-state index contributed by atoms with van der Waals surface area (Å²) in [6.07, 6.45) is 4.90. The fourth-order valence-electron chi connectivity index (χ4n) is 4.74. The lowest BCUT2D eigenvalue weighted by Gasteiger charge is -2.36. The van der Waals surface area contributed by atoms with Gasteiger partial charge in [0.25, 0.3) is 5.91 Å². The van der Waals surface area contributed by atoms with Crippen molar-refractivity contribution in [1.29, 1.82) is 0 Å². The molecule has 1 N–H and O–H groups in total. The first-order valence-corrected chi connectivity index (χ1v) is 8.42. The highest BCUT2D eigenvalue weighted by atomic mass is 16.5. The van der Waals surface area contributed by atoms with Crippen molar-refractivity contribution in [2.75, 3.05) is 7.11 Å². The van der Waals surface area contributed by atoms with Crippen molar-refractivity contribution in [3.05, 3.63) is 41.5 Å². The number of ether oxygens (including phenoxy) is 1. The van der Waals surface area contributed by atoms with Gasteiger partial charge < -0.3 is 14.7 Å². The van der Waals surface area contributed by atoms with Crippen LogP contribution in [0.25, 0.3) is 0 Å². The van der Waals surface area contributed by atoms with Crippen molar-refractivity contribution in [2.45, 2.75) is 44.4 Å². The van der Waals surface area contributed by atoms with Gasteiger partial charge in [-0.15, -0.1) is 0 Å². The van der Waals surface area contributed by atoms with E-state index in [1.54, 1.807) is 7.11 Å². The quantitative estimate of drug-likeness (QED) is 0.933. The molecule has 2 aliphatic carbocycles. The fourth-order valence-corrected chi connectivity index (χ4v) is 4.74. The van der Waals surface area contributed by atoms with Gasteiger partial charge in [-0.2, -0.15) is 0 Å². The van der Waals surface area contributed by atoms with Crippen LogP contribution in [-0.2, 0) is 11.3 Å². The summed E-state index contributed by atoms with van der Waals surface area (Å²) >= 11 is 0. The monoisotopic (exact) mass is 313 g/mol. The van der Waals surface area contributed by atoms with Crippen molar-refractivity contribution in [3.8, 4) is 5.75 Å². The molecule has 1 saturated carbocycles. The molecule has 4 heteroatoms. The third kappa shape index (κ3) is 2.04. The van der Waals surface area contributed by atoms with Gasteiger partial charge in [-0.1, -0.05) is 25.1 Å². The van der Waals surface area contributed by atoms with Crippen LogP contribution in [0.1, 0.15) is 31.7 Å². The van der Waals surface area contributed by atoms with Crippen LogP contribution in [0.2, 0.25) is 0 Å². The maximum atomic E-state index is 12.9. The zero-order chi connectivity index (χ0) is 16.2. The first kappa shape index (κ1) is 14.8. The topological polar surface area (TPSA) is 49.8 Å². The maximum absolute atomic E-state index is 12.9. The lowest BCUT2D eigenvalue weighted by atomic mass is 9.73. The summed E-state index contributed by atoms with van der Waals surface area (Å²) in [7, 11) is 1.64. The number of amides is 1. The number of likely N-dealkylation sites (tertiary alicyclic amines) is 1. The van der Waals surface area contributed by atoms with Gasteiger partial charge in [0.05, 0.1) is 13.2 Å². The van der Waals surface area contributed by atoms with Gasteiger partial charge in [-0.25, -0.2) is 0 Å². The van der Waals surface area contributed by atoms with E-state index < -0.39 is 5.60 Å². The van der Waals surface area contributed by atoms with E-state index in [-0.39, 0.29) is 17.9 Å². The van der Waals surface area contributed by atoms with Gasteiger partial charge in [0.2, 0.25) is 0 Å². The predicted octanol–water partition coefficient (Wildman–Crippen LogP) is 2.51. The Morgan fingerprint density at radius 3 is 2.74 bits per heavy atom. The highest BCUT2D eigenvalue weighted by Crippen LogP contribution is 2.54. The van der Waals surface area contributed by atoms with Crippen molar-refractivity contribution in [2.24, 2.45) is 11.8 Å². The van der Waals surface area contributed by atoms with Crippen molar-refractivity contribution in [3.63, 3.8) is 0 Å². The van der Waals surface area contributed by atoms with E-state index in [2.05, 4.69) is 6.92 Å². The number of hydrogen-bond donors (Lipinski definition) is 1. The first-order valence-electron chi connectivity index (χ1n) is 8.42. The molecule has 1 aromatic rings. The normalized spacial score (nSPS) is 35.3. The Labute approximate surface area is 136 Å². The molecule has 1 aliphatic heterocycles. The number of allylic oxidation sites excluding steroid dienone is 1. The molecule has 1 aromatic carbocycles. The van der Waals surface area contributed by atoms with Crippen LogP contribution in [0, 0.1) is 11.8 Å². The number of hydrogen-bond acceptors (Lipinski definition) is 3. The minimum atomic E-state index is -0.921. The maximum Gasteiger partial charge on any atom is 0.253 e. The number of aliphatic hydroxyl groups is 1. The van der Waals surface area contributed by atoms with Crippen molar-refractivity contribution in [1.82, 2.24) is 4.90 Å². The van der Waals surface area contributed by atoms with Crippen LogP contribution in [0.15, 0.2) is 35.9 Å². The average molecular weight is 313 g/mol. The minimum Gasteiger partial charge on any atom is -0.497 e. The van der Waals surface area contributed by atoms with E-state index in [1.807, 2.05) is 35.2 Å². The Balaban J connectivity index is 1.65. The highest BCUT2D eigenvalue weighted by Gasteiger charge is 2.62. The van der Waals surface area contributed by atoms with E-state index in [9.17, 15) is 9.90 Å². The van der Waals surface area contributed by atoms with Crippen molar-refractivity contribution < 1.29 is 14.6 Å². The number of rotatable bonds is 3.